The Morgan fingerprint density at radius 2 is 1.97 bits per heavy atom. The van der Waals surface area contributed by atoms with E-state index in [0.717, 1.165) is 5.56 Å². The molecular weight excluding hydrogens is 468 g/mol. The molecule has 0 aliphatic rings. The van der Waals surface area contributed by atoms with Gasteiger partial charge in [-0.15, -0.1) is 0 Å². The van der Waals surface area contributed by atoms with Gasteiger partial charge in [0.2, 0.25) is 5.91 Å². The molecule has 0 radical (unpaired) electrons. The number of carbonyl (C=O) groups excluding carboxylic acids is 3. The second-order valence-electron chi connectivity index (χ2n) is 7.75. The van der Waals surface area contributed by atoms with Gasteiger partial charge in [0.1, 0.15) is 5.60 Å². The second-order valence-corrected chi connectivity index (χ2v) is 8.53. The summed E-state index contributed by atoms with van der Waals surface area (Å²) in [6, 6.07) is 6.78. The summed E-state index contributed by atoms with van der Waals surface area (Å²) < 4.78 is 11.0. The highest BCUT2D eigenvalue weighted by Crippen LogP contribution is 2.14. The van der Waals surface area contributed by atoms with Crippen LogP contribution in [0.2, 0.25) is 0 Å². The standard InChI is InChI=1S/C21H27BrN4O5/c1-21(2,3)31-20(29)26(14-15-6-4-9-23-12-15)11-5-10-24-18(27)13-25-19(28)16-7-8-17(22)30-16/h4,6-9,12H,5,10-11,13-14H2,1-3H3,(H,24,27)(H,25,28). The molecule has 9 nitrogen and oxygen atoms in total. The van der Waals surface area contributed by atoms with Gasteiger partial charge in [-0.3, -0.25) is 14.6 Å². The van der Waals surface area contributed by atoms with Gasteiger partial charge in [0.15, 0.2) is 10.4 Å². The monoisotopic (exact) mass is 494 g/mol. The summed E-state index contributed by atoms with van der Waals surface area (Å²) in [6.45, 7) is 6.33. The lowest BCUT2D eigenvalue weighted by Crippen LogP contribution is -2.40. The highest BCUT2D eigenvalue weighted by molar-refractivity contribution is 9.10. The van der Waals surface area contributed by atoms with Crippen molar-refractivity contribution in [1.29, 1.82) is 0 Å². The van der Waals surface area contributed by atoms with E-state index in [1.807, 2.05) is 26.8 Å². The van der Waals surface area contributed by atoms with Crippen molar-refractivity contribution in [3.8, 4) is 0 Å². The minimum absolute atomic E-state index is 0.114. The average molecular weight is 495 g/mol. The molecule has 2 rings (SSSR count). The van der Waals surface area contributed by atoms with E-state index in [4.69, 9.17) is 9.15 Å². The Balaban J connectivity index is 1.77. The largest absolute Gasteiger partial charge is 0.444 e. The quantitative estimate of drug-likeness (QED) is 0.517. The van der Waals surface area contributed by atoms with Crippen LogP contribution in [0.3, 0.4) is 0 Å². The SMILES string of the molecule is CC(C)(C)OC(=O)N(CCCNC(=O)CNC(=O)c1ccc(Br)o1)Cc1cccnc1. The van der Waals surface area contributed by atoms with Crippen molar-refractivity contribution in [3.05, 3.63) is 52.7 Å². The Kier molecular flexibility index (Phi) is 9.04. The minimum atomic E-state index is -0.611. The van der Waals surface area contributed by atoms with Crippen molar-refractivity contribution in [2.75, 3.05) is 19.6 Å². The maximum atomic E-state index is 12.5. The van der Waals surface area contributed by atoms with E-state index >= 15 is 0 Å². The van der Waals surface area contributed by atoms with Crippen molar-refractivity contribution in [2.45, 2.75) is 39.3 Å². The summed E-state index contributed by atoms with van der Waals surface area (Å²) >= 11 is 3.11. The maximum Gasteiger partial charge on any atom is 0.410 e. The molecule has 0 aromatic carbocycles. The number of furan rings is 1. The Morgan fingerprint density at radius 1 is 1.19 bits per heavy atom. The van der Waals surface area contributed by atoms with Gasteiger partial charge in [0, 0.05) is 25.5 Å². The van der Waals surface area contributed by atoms with E-state index in [0.29, 0.717) is 30.7 Å². The summed E-state index contributed by atoms with van der Waals surface area (Å²) in [5.41, 5.74) is 0.268. The molecule has 10 heteroatoms. The zero-order valence-electron chi connectivity index (χ0n) is 17.8. The van der Waals surface area contributed by atoms with E-state index in [9.17, 15) is 14.4 Å². The number of hydrogen-bond acceptors (Lipinski definition) is 6. The summed E-state index contributed by atoms with van der Waals surface area (Å²) in [5.74, 6) is -0.702. The van der Waals surface area contributed by atoms with Gasteiger partial charge in [-0.05, 0) is 66.9 Å². The first-order chi connectivity index (χ1) is 14.6. The first-order valence-electron chi connectivity index (χ1n) is 9.81. The van der Waals surface area contributed by atoms with E-state index in [-0.39, 0.29) is 18.2 Å². The van der Waals surface area contributed by atoms with Gasteiger partial charge < -0.3 is 24.7 Å². The van der Waals surface area contributed by atoms with Gasteiger partial charge in [-0.2, -0.15) is 0 Å². The molecule has 2 aromatic rings. The van der Waals surface area contributed by atoms with Crippen molar-refractivity contribution >= 4 is 33.8 Å². The first kappa shape index (κ1) is 24.4. The number of carbonyl (C=O) groups is 3. The fourth-order valence-corrected chi connectivity index (χ4v) is 2.82. The third-order valence-corrected chi connectivity index (χ3v) is 4.31. The molecule has 31 heavy (non-hydrogen) atoms. The van der Waals surface area contributed by atoms with E-state index in [1.54, 1.807) is 29.4 Å². The Hall–Kier alpha value is -2.88. The third-order valence-electron chi connectivity index (χ3n) is 3.88. The van der Waals surface area contributed by atoms with Gasteiger partial charge in [-0.25, -0.2) is 4.79 Å². The maximum absolute atomic E-state index is 12.5. The number of nitrogens with one attached hydrogen (secondary N) is 2. The number of ether oxygens (including phenoxy) is 1. The molecule has 0 bridgehead atoms. The summed E-state index contributed by atoms with van der Waals surface area (Å²) in [6.07, 6.45) is 3.45. The van der Waals surface area contributed by atoms with Crippen LogP contribution in [-0.2, 0) is 16.1 Å². The Bertz CT molecular complexity index is 879. The number of nitrogens with zero attached hydrogens (tertiary/aromatic N) is 2. The molecule has 0 saturated heterocycles. The van der Waals surface area contributed by atoms with Gasteiger partial charge in [-0.1, -0.05) is 6.07 Å². The summed E-state index contributed by atoms with van der Waals surface area (Å²) in [7, 11) is 0. The topological polar surface area (TPSA) is 114 Å². The average Bonchev–Trinajstić information content (AvgIpc) is 3.14. The van der Waals surface area contributed by atoms with Crippen LogP contribution < -0.4 is 10.6 Å². The second kappa shape index (κ2) is 11.5. The van der Waals surface area contributed by atoms with Crippen LogP contribution in [0.15, 0.2) is 45.7 Å². The van der Waals surface area contributed by atoms with Gasteiger partial charge >= 0.3 is 6.09 Å². The summed E-state index contributed by atoms with van der Waals surface area (Å²) in [4.78, 5) is 42.0. The smallest absolute Gasteiger partial charge is 0.410 e. The lowest BCUT2D eigenvalue weighted by Gasteiger charge is -2.27. The lowest BCUT2D eigenvalue weighted by atomic mass is 10.2. The van der Waals surface area contributed by atoms with Crippen LogP contribution in [0.5, 0.6) is 0 Å². The van der Waals surface area contributed by atoms with Gasteiger partial charge in [0.25, 0.3) is 5.91 Å². The molecule has 0 fully saturated rings. The molecule has 0 atom stereocenters. The van der Waals surface area contributed by atoms with E-state index in [1.165, 1.54) is 6.07 Å². The number of amides is 3. The molecular formula is C21H27BrN4O5. The van der Waals surface area contributed by atoms with Crippen molar-refractivity contribution < 1.29 is 23.5 Å². The fraction of sp³-hybridized carbons (Fsp3) is 0.429. The van der Waals surface area contributed by atoms with Crippen molar-refractivity contribution in [3.63, 3.8) is 0 Å². The predicted molar refractivity (Wildman–Crippen MR) is 117 cm³/mol. The third kappa shape index (κ3) is 9.20. The molecule has 168 valence electrons. The molecule has 0 aliphatic heterocycles. The van der Waals surface area contributed by atoms with Gasteiger partial charge in [0.05, 0.1) is 13.1 Å². The minimum Gasteiger partial charge on any atom is -0.444 e. The number of hydrogen-bond donors (Lipinski definition) is 2. The van der Waals surface area contributed by atoms with E-state index < -0.39 is 17.6 Å². The zero-order valence-corrected chi connectivity index (χ0v) is 19.4. The predicted octanol–water partition coefficient (Wildman–Crippen LogP) is 3.11. The van der Waals surface area contributed by atoms with Crippen LogP contribution in [0.25, 0.3) is 0 Å². The molecule has 0 spiro atoms. The molecule has 2 N–H and O–H groups in total. The molecule has 2 heterocycles. The molecule has 2 aromatic heterocycles. The molecule has 0 aliphatic carbocycles. The van der Waals surface area contributed by atoms with E-state index in [2.05, 4.69) is 31.5 Å². The fourth-order valence-electron chi connectivity index (χ4n) is 2.52. The number of pyridine rings is 1. The Labute approximate surface area is 189 Å². The first-order valence-corrected chi connectivity index (χ1v) is 10.6. The molecule has 0 saturated carbocycles. The van der Waals surface area contributed by atoms with Crippen LogP contribution in [0, 0.1) is 0 Å². The normalized spacial score (nSPS) is 11.0. The lowest BCUT2D eigenvalue weighted by molar-refractivity contribution is -0.120. The van der Waals surface area contributed by atoms with Crippen LogP contribution in [0.4, 0.5) is 4.79 Å². The number of aromatic nitrogens is 1. The number of halogens is 1. The van der Waals surface area contributed by atoms with Crippen molar-refractivity contribution in [2.24, 2.45) is 0 Å². The highest BCUT2D eigenvalue weighted by atomic mass is 79.9. The van der Waals surface area contributed by atoms with Crippen molar-refractivity contribution in [1.82, 2.24) is 20.5 Å². The van der Waals surface area contributed by atoms with Crippen LogP contribution >= 0.6 is 15.9 Å². The summed E-state index contributed by atoms with van der Waals surface area (Å²) in [5, 5.41) is 5.20. The molecule has 3 amide bonds. The zero-order chi connectivity index (χ0) is 22.9. The molecule has 0 unspecified atom stereocenters. The Morgan fingerprint density at radius 3 is 2.58 bits per heavy atom. The van der Waals surface area contributed by atoms with Crippen LogP contribution in [0.1, 0.15) is 43.3 Å². The van der Waals surface area contributed by atoms with Crippen LogP contribution in [-0.4, -0.2) is 53.0 Å². The highest BCUT2D eigenvalue weighted by Gasteiger charge is 2.22. The number of rotatable bonds is 9.